The van der Waals surface area contributed by atoms with Crippen LogP contribution in [-0.2, 0) is 9.53 Å². The second-order valence-corrected chi connectivity index (χ2v) is 8.25. The number of Topliss-reactive ketones (excluding diaryl/α,β-unsaturated/α-hetero) is 1. The Kier molecular flexibility index (Phi) is 3.97. The van der Waals surface area contributed by atoms with Gasteiger partial charge in [0.25, 0.3) is 0 Å². The first-order valence-corrected chi connectivity index (χ1v) is 9.73. The topological polar surface area (TPSA) is 123 Å². The van der Waals surface area contributed by atoms with Crippen LogP contribution in [0.2, 0.25) is 0 Å². The van der Waals surface area contributed by atoms with Crippen LogP contribution >= 0.6 is 0 Å². The Labute approximate surface area is 171 Å². The second-order valence-electron chi connectivity index (χ2n) is 8.25. The highest BCUT2D eigenvalue weighted by Crippen LogP contribution is 2.65. The molecule has 2 heterocycles. The molecule has 1 aromatic carbocycles. The van der Waals surface area contributed by atoms with Crippen LogP contribution in [0, 0.1) is 11.8 Å². The van der Waals surface area contributed by atoms with E-state index in [-0.39, 0.29) is 29.9 Å². The van der Waals surface area contributed by atoms with Crippen molar-refractivity contribution in [1.82, 2.24) is 0 Å². The minimum Gasteiger partial charge on any atom is -0.496 e. The summed E-state index contributed by atoms with van der Waals surface area (Å²) in [5.74, 6) is -4.46. The molecule has 8 heteroatoms. The van der Waals surface area contributed by atoms with Crippen molar-refractivity contribution >= 4 is 11.8 Å². The fourth-order valence-corrected chi connectivity index (χ4v) is 5.66. The maximum Gasteiger partial charge on any atom is 0.339 e. The van der Waals surface area contributed by atoms with E-state index in [2.05, 4.69) is 0 Å². The maximum atomic E-state index is 13.5. The van der Waals surface area contributed by atoms with Crippen molar-refractivity contribution in [1.29, 1.82) is 0 Å². The lowest BCUT2D eigenvalue weighted by molar-refractivity contribution is -0.192. The van der Waals surface area contributed by atoms with Gasteiger partial charge in [0.2, 0.25) is 0 Å². The van der Waals surface area contributed by atoms with Crippen molar-refractivity contribution in [3.63, 3.8) is 0 Å². The van der Waals surface area contributed by atoms with Gasteiger partial charge in [-0.05, 0) is 6.42 Å². The summed E-state index contributed by atoms with van der Waals surface area (Å²) in [5.41, 5.74) is -4.51. The summed E-state index contributed by atoms with van der Waals surface area (Å²) < 4.78 is 15.8. The predicted octanol–water partition coefficient (Wildman–Crippen LogP) is 1.04. The number of benzene rings is 1. The molecule has 5 rings (SSSR count). The van der Waals surface area contributed by atoms with Gasteiger partial charge >= 0.3 is 11.6 Å². The third kappa shape index (κ3) is 2.37. The molecule has 156 valence electrons. The number of ketones is 1. The third-order valence-electron chi connectivity index (χ3n) is 6.74. The van der Waals surface area contributed by atoms with Crippen molar-refractivity contribution in [2.75, 3.05) is 7.11 Å². The standard InChI is InChI=1S/C22H20O8/c1-28-12-8-15(30-16(23)9-12)17-14-7-13-10-21(17,26)19(22(14,27)20(25)29-13)18(24)11-5-3-2-4-6-11/h2-6,8-9,13-14,17,19,26-27H,7,10H2,1H3/t13?,14?,17-,19?,21-,22+/m0/s1. The van der Waals surface area contributed by atoms with Crippen LogP contribution in [0.4, 0.5) is 0 Å². The van der Waals surface area contributed by atoms with Gasteiger partial charge in [-0.15, -0.1) is 0 Å². The molecule has 3 bridgehead atoms. The molecule has 30 heavy (non-hydrogen) atoms. The molecule has 1 aliphatic heterocycles. The van der Waals surface area contributed by atoms with Gasteiger partial charge in [-0.25, -0.2) is 9.59 Å². The Bertz CT molecular complexity index is 1090. The summed E-state index contributed by atoms with van der Waals surface area (Å²) in [6, 6.07) is 10.8. The van der Waals surface area contributed by atoms with Gasteiger partial charge < -0.3 is 24.1 Å². The summed E-state index contributed by atoms with van der Waals surface area (Å²) >= 11 is 0. The molecule has 0 amide bonds. The quantitative estimate of drug-likeness (QED) is 0.564. The van der Waals surface area contributed by atoms with E-state index in [0.29, 0.717) is 0 Å². The minimum absolute atomic E-state index is 0.0492. The Morgan fingerprint density at radius 3 is 2.60 bits per heavy atom. The van der Waals surface area contributed by atoms with Gasteiger partial charge in [0.05, 0.1) is 30.6 Å². The molecule has 0 radical (unpaired) electrons. The van der Waals surface area contributed by atoms with Crippen LogP contribution in [0.15, 0.2) is 51.7 Å². The summed E-state index contributed by atoms with van der Waals surface area (Å²) in [7, 11) is 1.39. The number of ether oxygens (including phenoxy) is 2. The van der Waals surface area contributed by atoms with Crippen LogP contribution in [0.3, 0.4) is 0 Å². The lowest BCUT2D eigenvalue weighted by atomic mass is 9.69. The number of fused-ring (bicyclic) bond motifs is 2. The lowest BCUT2D eigenvalue weighted by Gasteiger charge is -2.43. The normalized spacial score (nSPS) is 36.4. The summed E-state index contributed by atoms with van der Waals surface area (Å²) in [4.78, 5) is 38.3. The van der Waals surface area contributed by atoms with Gasteiger partial charge in [-0.1, -0.05) is 30.3 Å². The highest BCUT2D eigenvalue weighted by Gasteiger charge is 2.78. The van der Waals surface area contributed by atoms with Gasteiger partial charge in [-0.3, -0.25) is 4.79 Å². The van der Waals surface area contributed by atoms with E-state index in [9.17, 15) is 24.6 Å². The zero-order valence-corrected chi connectivity index (χ0v) is 16.1. The Balaban J connectivity index is 1.71. The van der Waals surface area contributed by atoms with Crippen LogP contribution in [0.25, 0.3) is 0 Å². The summed E-state index contributed by atoms with van der Waals surface area (Å²) in [6.45, 7) is 0. The fourth-order valence-electron chi connectivity index (χ4n) is 5.66. The van der Waals surface area contributed by atoms with E-state index in [1.54, 1.807) is 30.3 Å². The number of esters is 1. The zero-order chi connectivity index (χ0) is 21.3. The van der Waals surface area contributed by atoms with Crippen LogP contribution in [0.5, 0.6) is 5.75 Å². The predicted molar refractivity (Wildman–Crippen MR) is 101 cm³/mol. The molecule has 8 nitrogen and oxygen atoms in total. The molecule has 2 N–H and O–H groups in total. The Morgan fingerprint density at radius 1 is 1.17 bits per heavy atom. The molecular weight excluding hydrogens is 392 g/mol. The molecule has 2 aromatic rings. The highest BCUT2D eigenvalue weighted by atomic mass is 16.6. The van der Waals surface area contributed by atoms with E-state index < -0.39 is 52.4 Å². The number of hydrogen-bond donors (Lipinski definition) is 2. The average Bonchev–Trinajstić information content (AvgIpc) is 2.80. The van der Waals surface area contributed by atoms with E-state index in [0.717, 1.165) is 6.07 Å². The monoisotopic (exact) mass is 412 g/mol. The van der Waals surface area contributed by atoms with E-state index >= 15 is 0 Å². The second kappa shape index (κ2) is 6.26. The number of methoxy groups -OCH3 is 1. The van der Waals surface area contributed by atoms with Crippen molar-refractivity contribution in [2.24, 2.45) is 11.8 Å². The molecule has 3 fully saturated rings. The van der Waals surface area contributed by atoms with Gasteiger partial charge in [-0.2, -0.15) is 0 Å². The fraction of sp³-hybridized carbons (Fsp3) is 0.409. The van der Waals surface area contributed by atoms with Crippen LogP contribution < -0.4 is 10.4 Å². The van der Waals surface area contributed by atoms with Gasteiger partial charge in [0.1, 0.15) is 17.6 Å². The number of hydrogen-bond acceptors (Lipinski definition) is 8. The smallest absolute Gasteiger partial charge is 0.339 e. The Morgan fingerprint density at radius 2 is 1.90 bits per heavy atom. The average molecular weight is 412 g/mol. The first-order valence-electron chi connectivity index (χ1n) is 9.73. The third-order valence-corrected chi connectivity index (χ3v) is 6.74. The summed E-state index contributed by atoms with van der Waals surface area (Å²) in [6.07, 6.45) is -0.434. The molecule has 3 aliphatic rings. The molecule has 2 aliphatic carbocycles. The largest absolute Gasteiger partial charge is 0.496 e. The maximum absolute atomic E-state index is 13.5. The first kappa shape index (κ1) is 19.0. The number of rotatable bonds is 4. The number of carbonyl (C=O) groups is 2. The molecule has 3 unspecified atom stereocenters. The number of carbonyl (C=O) groups excluding carboxylic acids is 2. The van der Waals surface area contributed by atoms with Crippen LogP contribution in [-0.4, -0.2) is 46.4 Å². The molecular formula is C22H20O8. The Hall–Kier alpha value is -2.97. The number of aliphatic hydroxyl groups is 2. The van der Waals surface area contributed by atoms with Crippen LogP contribution in [0.1, 0.15) is 34.9 Å². The van der Waals surface area contributed by atoms with E-state index in [1.165, 1.54) is 13.2 Å². The van der Waals surface area contributed by atoms with Crippen molar-refractivity contribution < 1.29 is 33.7 Å². The molecule has 1 saturated heterocycles. The summed E-state index contributed by atoms with van der Waals surface area (Å²) in [5, 5.41) is 23.4. The minimum atomic E-state index is -2.24. The van der Waals surface area contributed by atoms with Gasteiger partial charge in [0.15, 0.2) is 11.4 Å². The molecule has 6 atom stereocenters. The highest BCUT2D eigenvalue weighted by molar-refractivity contribution is 6.04. The lowest BCUT2D eigenvalue weighted by Crippen LogP contribution is -2.55. The van der Waals surface area contributed by atoms with Crippen molar-refractivity contribution in [2.45, 2.75) is 36.1 Å². The van der Waals surface area contributed by atoms with E-state index in [4.69, 9.17) is 13.9 Å². The zero-order valence-electron chi connectivity index (χ0n) is 16.1. The first-order chi connectivity index (χ1) is 14.3. The van der Waals surface area contributed by atoms with Gasteiger partial charge in [0, 0.05) is 24.0 Å². The molecule has 2 saturated carbocycles. The molecule has 0 spiro atoms. The SMILES string of the molecule is COc1cc([C@@H]2C3CC4C[C@@]2(O)C(C(=O)c2ccccc2)[C@@]3(O)C(=O)O4)oc(=O)c1. The van der Waals surface area contributed by atoms with E-state index in [1.807, 2.05) is 0 Å². The van der Waals surface area contributed by atoms with Crippen molar-refractivity contribution in [3.8, 4) is 5.75 Å². The molecule has 1 aromatic heterocycles. The van der Waals surface area contributed by atoms with Crippen molar-refractivity contribution in [3.05, 3.63) is 64.2 Å².